The lowest BCUT2D eigenvalue weighted by molar-refractivity contribution is 0.281. The van der Waals surface area contributed by atoms with Gasteiger partial charge in [-0.05, 0) is 50.6 Å². The van der Waals surface area contributed by atoms with E-state index in [1.165, 1.54) is 18.4 Å². The Morgan fingerprint density at radius 1 is 1.24 bits per heavy atom. The normalized spacial score (nSPS) is 16.0. The van der Waals surface area contributed by atoms with E-state index in [4.69, 9.17) is 9.47 Å². The number of hydrogen-bond acceptors (Lipinski definition) is 4. The van der Waals surface area contributed by atoms with Crippen LogP contribution >= 0.6 is 0 Å². The van der Waals surface area contributed by atoms with Gasteiger partial charge in [0.05, 0.1) is 14.2 Å². The quantitative estimate of drug-likeness (QED) is 0.759. The van der Waals surface area contributed by atoms with E-state index in [9.17, 15) is 0 Å². The van der Waals surface area contributed by atoms with Crippen LogP contribution in [0.15, 0.2) is 18.2 Å². The molecule has 21 heavy (non-hydrogen) atoms. The zero-order chi connectivity index (χ0) is 15.2. The molecule has 0 bridgehead atoms. The third-order valence-electron chi connectivity index (χ3n) is 4.09. The van der Waals surface area contributed by atoms with E-state index in [0.29, 0.717) is 6.04 Å². The Hall–Kier alpha value is -1.26. The maximum atomic E-state index is 5.43. The van der Waals surface area contributed by atoms with Crippen LogP contribution in [0.2, 0.25) is 0 Å². The lowest BCUT2D eigenvalue weighted by Crippen LogP contribution is -2.34. The number of nitrogens with zero attached hydrogens (tertiary/aromatic N) is 1. The van der Waals surface area contributed by atoms with Gasteiger partial charge in [0.2, 0.25) is 0 Å². The second-order valence-corrected chi connectivity index (χ2v) is 5.79. The van der Waals surface area contributed by atoms with Gasteiger partial charge in [0.15, 0.2) is 11.5 Å². The number of rotatable bonds is 9. The summed E-state index contributed by atoms with van der Waals surface area (Å²) in [5.41, 5.74) is 1.26. The molecule has 1 fully saturated rings. The minimum absolute atomic E-state index is 0.329. The van der Waals surface area contributed by atoms with Crippen LogP contribution in [-0.2, 0) is 0 Å². The molecule has 1 aliphatic rings. The number of benzene rings is 1. The summed E-state index contributed by atoms with van der Waals surface area (Å²) in [6.07, 6.45) is 3.81. The van der Waals surface area contributed by atoms with E-state index >= 15 is 0 Å². The molecule has 1 N–H and O–H groups in total. The molecule has 0 aliphatic heterocycles. The second-order valence-electron chi connectivity index (χ2n) is 5.79. The van der Waals surface area contributed by atoms with Crippen molar-refractivity contribution in [3.8, 4) is 11.5 Å². The first-order valence-corrected chi connectivity index (χ1v) is 7.85. The van der Waals surface area contributed by atoms with Crippen molar-refractivity contribution < 1.29 is 9.47 Å². The zero-order valence-electron chi connectivity index (χ0n) is 13.7. The molecule has 0 heterocycles. The van der Waals surface area contributed by atoms with Crippen LogP contribution < -0.4 is 14.8 Å². The Kier molecular flexibility index (Phi) is 5.88. The van der Waals surface area contributed by atoms with Gasteiger partial charge in [-0.3, -0.25) is 0 Å². The Morgan fingerprint density at radius 2 is 1.95 bits per heavy atom. The summed E-state index contributed by atoms with van der Waals surface area (Å²) in [4.78, 5) is 2.46. The maximum Gasteiger partial charge on any atom is 0.161 e. The molecule has 118 valence electrons. The summed E-state index contributed by atoms with van der Waals surface area (Å²) in [5.74, 6) is 1.58. The van der Waals surface area contributed by atoms with E-state index < -0.39 is 0 Å². The van der Waals surface area contributed by atoms with Crippen LogP contribution in [0.25, 0.3) is 0 Å². The Labute approximate surface area is 128 Å². The monoisotopic (exact) mass is 292 g/mol. The smallest absolute Gasteiger partial charge is 0.161 e. The van der Waals surface area contributed by atoms with Gasteiger partial charge in [0.25, 0.3) is 0 Å². The number of methoxy groups -OCH3 is 2. The van der Waals surface area contributed by atoms with Crippen molar-refractivity contribution >= 4 is 0 Å². The summed E-state index contributed by atoms with van der Waals surface area (Å²) in [7, 11) is 5.58. The Bertz CT molecular complexity index is 446. The zero-order valence-corrected chi connectivity index (χ0v) is 13.7. The Balaban J connectivity index is 2.13. The highest BCUT2D eigenvalue weighted by atomic mass is 16.5. The fourth-order valence-corrected chi connectivity index (χ4v) is 2.63. The Morgan fingerprint density at radius 3 is 2.52 bits per heavy atom. The van der Waals surface area contributed by atoms with Crippen LogP contribution in [0.1, 0.15) is 37.8 Å². The van der Waals surface area contributed by atoms with E-state index in [1.807, 2.05) is 6.07 Å². The van der Waals surface area contributed by atoms with Crippen molar-refractivity contribution in [1.29, 1.82) is 0 Å². The molecule has 1 atom stereocenters. The molecule has 0 aromatic heterocycles. The second kappa shape index (κ2) is 7.66. The fraction of sp³-hybridized carbons (Fsp3) is 0.647. The van der Waals surface area contributed by atoms with E-state index in [-0.39, 0.29) is 0 Å². The van der Waals surface area contributed by atoms with E-state index in [2.05, 4.69) is 36.3 Å². The van der Waals surface area contributed by atoms with Crippen molar-refractivity contribution in [2.24, 2.45) is 0 Å². The predicted molar refractivity (Wildman–Crippen MR) is 86.2 cm³/mol. The predicted octanol–water partition coefficient (Wildman–Crippen LogP) is 2.84. The largest absolute Gasteiger partial charge is 0.493 e. The molecule has 1 aromatic carbocycles. The third-order valence-corrected chi connectivity index (χ3v) is 4.09. The van der Waals surface area contributed by atoms with Gasteiger partial charge in [-0.1, -0.05) is 13.0 Å². The van der Waals surface area contributed by atoms with E-state index in [0.717, 1.165) is 37.1 Å². The molecule has 1 aromatic rings. The number of likely N-dealkylation sites (N-methyl/N-ethyl adjacent to an activating group) is 1. The van der Waals surface area contributed by atoms with Gasteiger partial charge >= 0.3 is 0 Å². The average Bonchev–Trinajstić information content (AvgIpc) is 3.35. The molecule has 4 nitrogen and oxygen atoms in total. The van der Waals surface area contributed by atoms with Gasteiger partial charge < -0.3 is 19.7 Å². The first-order chi connectivity index (χ1) is 10.2. The summed E-state index contributed by atoms with van der Waals surface area (Å²) in [6, 6.07) is 7.32. The van der Waals surface area contributed by atoms with E-state index in [1.54, 1.807) is 14.2 Å². The molecular weight excluding hydrogens is 264 g/mol. The van der Waals surface area contributed by atoms with Crippen molar-refractivity contribution in [2.75, 3.05) is 34.4 Å². The molecular formula is C17H28N2O2. The first kappa shape index (κ1) is 16.1. The topological polar surface area (TPSA) is 33.7 Å². The summed E-state index contributed by atoms with van der Waals surface area (Å²) in [5, 5.41) is 3.65. The summed E-state index contributed by atoms with van der Waals surface area (Å²) < 4.78 is 10.8. The summed E-state index contributed by atoms with van der Waals surface area (Å²) in [6.45, 7) is 4.25. The molecule has 0 saturated heterocycles. The van der Waals surface area contributed by atoms with Gasteiger partial charge in [0, 0.05) is 18.6 Å². The molecule has 2 rings (SSSR count). The van der Waals surface area contributed by atoms with Gasteiger partial charge in [-0.2, -0.15) is 0 Å². The first-order valence-electron chi connectivity index (χ1n) is 7.85. The van der Waals surface area contributed by atoms with Gasteiger partial charge in [-0.15, -0.1) is 0 Å². The van der Waals surface area contributed by atoms with Crippen LogP contribution in [0.4, 0.5) is 0 Å². The summed E-state index contributed by atoms with van der Waals surface area (Å²) >= 11 is 0. The minimum atomic E-state index is 0.329. The van der Waals surface area contributed by atoms with Gasteiger partial charge in [-0.25, -0.2) is 0 Å². The molecule has 0 radical (unpaired) electrons. The fourth-order valence-electron chi connectivity index (χ4n) is 2.63. The minimum Gasteiger partial charge on any atom is -0.493 e. The molecule has 1 aliphatic carbocycles. The van der Waals surface area contributed by atoms with Crippen LogP contribution in [-0.4, -0.2) is 45.3 Å². The standard InChI is InChI=1S/C17H28N2O2/c1-5-10-18-15(12-19(2)14-7-8-14)13-6-9-16(20-3)17(11-13)21-4/h6,9,11,14-15,18H,5,7-8,10,12H2,1-4H3. The maximum absolute atomic E-state index is 5.43. The number of hydrogen-bond donors (Lipinski definition) is 1. The number of nitrogens with one attached hydrogen (secondary N) is 1. The van der Waals surface area contributed by atoms with Crippen LogP contribution in [0.3, 0.4) is 0 Å². The van der Waals surface area contributed by atoms with Crippen molar-refractivity contribution in [3.63, 3.8) is 0 Å². The van der Waals surface area contributed by atoms with Crippen molar-refractivity contribution in [1.82, 2.24) is 10.2 Å². The SMILES string of the molecule is CCCNC(CN(C)C1CC1)c1ccc(OC)c(OC)c1. The lowest BCUT2D eigenvalue weighted by Gasteiger charge is -2.26. The van der Waals surface area contributed by atoms with Crippen LogP contribution in [0, 0.1) is 0 Å². The average molecular weight is 292 g/mol. The molecule has 4 heteroatoms. The van der Waals surface area contributed by atoms with Crippen molar-refractivity contribution in [3.05, 3.63) is 23.8 Å². The molecule has 1 unspecified atom stereocenters. The molecule has 0 amide bonds. The lowest BCUT2D eigenvalue weighted by atomic mass is 10.1. The highest BCUT2D eigenvalue weighted by Crippen LogP contribution is 2.32. The molecule has 0 spiro atoms. The molecule has 1 saturated carbocycles. The van der Waals surface area contributed by atoms with Gasteiger partial charge in [0.1, 0.15) is 0 Å². The highest BCUT2D eigenvalue weighted by Gasteiger charge is 2.28. The highest BCUT2D eigenvalue weighted by molar-refractivity contribution is 5.43. The van der Waals surface area contributed by atoms with Crippen molar-refractivity contribution in [2.45, 2.75) is 38.3 Å². The third kappa shape index (κ3) is 4.35. The number of ether oxygens (including phenoxy) is 2. The van der Waals surface area contributed by atoms with Crippen LogP contribution in [0.5, 0.6) is 11.5 Å².